The minimum atomic E-state index is -2.91. The van der Waals surface area contributed by atoms with Gasteiger partial charge in [0.05, 0.1) is 6.61 Å². The first-order valence-electron chi connectivity index (χ1n) is 9.76. The highest BCUT2D eigenvalue weighted by Crippen LogP contribution is 2.59. The fourth-order valence-electron chi connectivity index (χ4n) is 3.55. The number of aliphatic hydroxyl groups is 3. The lowest BCUT2D eigenvalue weighted by atomic mass is 10.2. The second-order valence-corrected chi connectivity index (χ2v) is 9.95. The number of esters is 1. The summed E-state index contributed by atoms with van der Waals surface area (Å²) in [6.45, 7) is -0.675. The van der Waals surface area contributed by atoms with Crippen molar-refractivity contribution in [3.8, 4) is 0 Å². The molecule has 6 nitrogen and oxygen atoms in total. The third kappa shape index (κ3) is 3.81. The van der Waals surface area contributed by atoms with Gasteiger partial charge < -0.3 is 24.6 Å². The van der Waals surface area contributed by atoms with E-state index in [1.54, 1.807) is 0 Å². The van der Waals surface area contributed by atoms with E-state index in [1.165, 1.54) is 0 Å². The zero-order valence-electron chi connectivity index (χ0n) is 16.5. The molecule has 0 radical (unpaired) electrons. The molecule has 3 aromatic rings. The number of carbonyl (C=O) groups is 1. The van der Waals surface area contributed by atoms with Crippen LogP contribution >= 0.6 is 7.49 Å². The average Bonchev–Trinajstić information content (AvgIpc) is 3.11. The lowest BCUT2D eigenvalue weighted by Gasteiger charge is -2.25. The first-order valence-corrected chi connectivity index (χ1v) is 11.5. The molecule has 0 spiro atoms. The number of hydrogen-bond acceptors (Lipinski definition) is 6. The number of aliphatic hydroxyl groups excluding tert-OH is 3. The van der Waals surface area contributed by atoms with Crippen molar-refractivity contribution in [1.29, 1.82) is 0 Å². The smallest absolute Gasteiger partial charge is 0.383 e. The normalized spacial score (nSPS) is 17.4. The molecule has 0 aliphatic carbocycles. The van der Waals surface area contributed by atoms with Crippen LogP contribution in [0.3, 0.4) is 0 Å². The molecule has 3 aromatic carbocycles. The third-order valence-corrected chi connectivity index (χ3v) is 8.58. The molecule has 4 rings (SSSR count). The highest BCUT2D eigenvalue weighted by molar-refractivity contribution is 7.91. The third-order valence-electron chi connectivity index (χ3n) is 5.05. The van der Waals surface area contributed by atoms with Gasteiger partial charge in [-0.1, -0.05) is 54.6 Å². The Morgan fingerprint density at radius 2 is 1.26 bits per heavy atom. The van der Waals surface area contributed by atoms with Gasteiger partial charge in [0.2, 0.25) is 0 Å². The van der Waals surface area contributed by atoms with Gasteiger partial charge in [0.1, 0.15) is 22.0 Å². The second-order valence-electron chi connectivity index (χ2n) is 7.00. The molecule has 1 aliphatic rings. The van der Waals surface area contributed by atoms with E-state index < -0.39 is 38.0 Å². The SMILES string of the molecule is O=C1O[C@H]([C@@H](O)CO)C(O)=C1O[P+](c1ccccc1)(c1ccccc1)c1ccccc1. The number of hydrogen-bond donors (Lipinski definition) is 3. The highest BCUT2D eigenvalue weighted by Gasteiger charge is 2.54. The van der Waals surface area contributed by atoms with Crippen LogP contribution in [0.25, 0.3) is 0 Å². The van der Waals surface area contributed by atoms with Gasteiger partial charge in [0.15, 0.2) is 11.9 Å². The van der Waals surface area contributed by atoms with Crippen molar-refractivity contribution in [2.75, 3.05) is 6.61 Å². The number of rotatable bonds is 7. The zero-order valence-corrected chi connectivity index (χ0v) is 17.4. The number of ether oxygens (including phenoxy) is 1. The van der Waals surface area contributed by atoms with E-state index in [4.69, 9.17) is 9.26 Å². The van der Waals surface area contributed by atoms with Gasteiger partial charge in [-0.2, -0.15) is 0 Å². The van der Waals surface area contributed by atoms with Crippen LogP contribution in [0, 0.1) is 0 Å². The Hall–Kier alpha value is -3.18. The summed E-state index contributed by atoms with van der Waals surface area (Å²) in [5, 5.41) is 32.4. The highest BCUT2D eigenvalue weighted by atomic mass is 31.2. The monoisotopic (exact) mass is 437 g/mol. The number of carbonyl (C=O) groups excluding carboxylic acids is 1. The van der Waals surface area contributed by atoms with Crippen molar-refractivity contribution >= 4 is 29.4 Å². The summed E-state index contributed by atoms with van der Waals surface area (Å²) >= 11 is 0. The Morgan fingerprint density at radius 1 is 0.839 bits per heavy atom. The summed E-state index contributed by atoms with van der Waals surface area (Å²) in [7, 11) is -2.91. The molecule has 1 heterocycles. The molecule has 0 unspecified atom stereocenters. The van der Waals surface area contributed by atoms with Crippen molar-refractivity contribution in [1.82, 2.24) is 0 Å². The predicted molar refractivity (Wildman–Crippen MR) is 119 cm³/mol. The molecule has 2 atom stereocenters. The summed E-state index contributed by atoms with van der Waals surface area (Å²) in [6.07, 6.45) is -2.83. The van der Waals surface area contributed by atoms with Crippen LogP contribution in [0.1, 0.15) is 0 Å². The van der Waals surface area contributed by atoms with E-state index in [1.807, 2.05) is 91.0 Å². The Kier molecular flexibility index (Phi) is 6.05. The summed E-state index contributed by atoms with van der Waals surface area (Å²) in [4.78, 5) is 12.6. The number of benzene rings is 3. The van der Waals surface area contributed by atoms with E-state index in [0.29, 0.717) is 0 Å². The molecular weight excluding hydrogens is 415 g/mol. The molecule has 0 aromatic heterocycles. The van der Waals surface area contributed by atoms with Crippen molar-refractivity contribution < 1.29 is 29.4 Å². The summed E-state index contributed by atoms with van der Waals surface area (Å²) in [5.74, 6) is -1.77. The Labute approximate surface area is 180 Å². The van der Waals surface area contributed by atoms with Crippen LogP contribution in [0.4, 0.5) is 0 Å². The molecule has 3 N–H and O–H groups in total. The fraction of sp³-hybridized carbons (Fsp3) is 0.125. The van der Waals surface area contributed by atoms with Crippen molar-refractivity contribution in [3.63, 3.8) is 0 Å². The van der Waals surface area contributed by atoms with E-state index in [2.05, 4.69) is 0 Å². The minimum Gasteiger partial charge on any atom is -0.505 e. The zero-order chi connectivity index (χ0) is 21.8. The first kappa shape index (κ1) is 21.1. The lowest BCUT2D eigenvalue weighted by molar-refractivity contribution is -0.147. The fourth-order valence-corrected chi connectivity index (χ4v) is 6.98. The largest absolute Gasteiger partial charge is 0.505 e. The van der Waals surface area contributed by atoms with Gasteiger partial charge in [-0.15, -0.1) is 0 Å². The van der Waals surface area contributed by atoms with Gasteiger partial charge in [0, 0.05) is 0 Å². The van der Waals surface area contributed by atoms with Crippen LogP contribution in [-0.4, -0.2) is 40.1 Å². The standard InChI is InChI=1S/C24H21O6P/c25-16-20(26)22-21(27)23(24(28)29-22)30-31(17-10-4-1-5-11-17,18-12-6-2-7-13-18)19-14-8-3-9-15-19/h1-15,20,22,25-26H,16H2/p+1/t20-,22+/m0/s1. The molecule has 7 heteroatoms. The second kappa shape index (κ2) is 8.90. The quantitative estimate of drug-likeness (QED) is 0.386. The van der Waals surface area contributed by atoms with Crippen molar-refractivity contribution in [2.45, 2.75) is 12.2 Å². The van der Waals surface area contributed by atoms with Gasteiger partial charge >= 0.3 is 11.7 Å². The molecule has 31 heavy (non-hydrogen) atoms. The Balaban J connectivity index is 1.95. The summed E-state index contributed by atoms with van der Waals surface area (Å²) < 4.78 is 11.6. The molecule has 158 valence electrons. The van der Waals surface area contributed by atoms with Crippen LogP contribution in [-0.2, 0) is 14.1 Å². The van der Waals surface area contributed by atoms with Gasteiger partial charge in [0.25, 0.3) is 7.49 Å². The topological polar surface area (TPSA) is 96.2 Å². The maximum Gasteiger partial charge on any atom is 0.383 e. The van der Waals surface area contributed by atoms with E-state index in [-0.39, 0.29) is 5.76 Å². The van der Waals surface area contributed by atoms with Gasteiger partial charge in [-0.3, -0.25) is 0 Å². The average molecular weight is 437 g/mol. The molecule has 0 fully saturated rings. The predicted octanol–water partition coefficient (Wildman–Crippen LogP) is 1.96. The van der Waals surface area contributed by atoms with E-state index in [9.17, 15) is 20.1 Å². The molecule has 1 aliphatic heterocycles. The van der Waals surface area contributed by atoms with Crippen LogP contribution in [0.15, 0.2) is 103 Å². The maximum atomic E-state index is 12.6. The molecule has 0 saturated heterocycles. The van der Waals surface area contributed by atoms with Crippen LogP contribution in [0.5, 0.6) is 0 Å². The number of cyclic esters (lactones) is 1. The van der Waals surface area contributed by atoms with Crippen LogP contribution in [0.2, 0.25) is 0 Å². The molecular formula is C24H22O6P+. The van der Waals surface area contributed by atoms with Gasteiger partial charge in [-0.25, -0.2) is 4.79 Å². The van der Waals surface area contributed by atoms with Crippen molar-refractivity contribution in [3.05, 3.63) is 103 Å². The summed E-state index contributed by atoms with van der Waals surface area (Å²) in [5.41, 5.74) is 0. The van der Waals surface area contributed by atoms with E-state index >= 15 is 0 Å². The first-order chi connectivity index (χ1) is 15.1. The molecule has 0 bridgehead atoms. The van der Waals surface area contributed by atoms with Gasteiger partial charge in [-0.05, 0) is 36.4 Å². The molecule has 0 amide bonds. The van der Waals surface area contributed by atoms with Crippen molar-refractivity contribution in [2.24, 2.45) is 0 Å². The minimum absolute atomic E-state index is 0.359. The Morgan fingerprint density at radius 3 is 1.65 bits per heavy atom. The molecule has 0 saturated carbocycles. The van der Waals surface area contributed by atoms with Crippen LogP contribution < -0.4 is 15.9 Å². The Bertz CT molecular complexity index is 972. The lowest BCUT2D eigenvalue weighted by Crippen LogP contribution is -2.33. The van der Waals surface area contributed by atoms with E-state index in [0.717, 1.165) is 15.9 Å². The summed E-state index contributed by atoms with van der Waals surface area (Å²) in [6, 6.07) is 28.5. The maximum absolute atomic E-state index is 12.6.